The van der Waals surface area contributed by atoms with Crippen molar-refractivity contribution in [3.8, 4) is 0 Å². The molecule has 0 radical (unpaired) electrons. The predicted octanol–water partition coefficient (Wildman–Crippen LogP) is -0.872. The van der Waals surface area contributed by atoms with Crippen LogP contribution in [0.2, 0.25) is 0 Å². The second-order valence-electron chi connectivity index (χ2n) is 6.30. The van der Waals surface area contributed by atoms with Gasteiger partial charge in [-0.15, -0.1) is 12.4 Å². The molecule has 5 N–H and O–H groups in total. The fourth-order valence-electron chi connectivity index (χ4n) is 2.85. The molecule has 9 nitrogen and oxygen atoms in total. The van der Waals surface area contributed by atoms with Gasteiger partial charge in [0.2, 0.25) is 20.0 Å². The minimum absolute atomic E-state index is 0. The number of nitrogens with one attached hydrogen (secondary N) is 1. The minimum Gasteiger partial charge on any atom is -0.316 e. The summed E-state index contributed by atoms with van der Waals surface area (Å²) >= 11 is 0. The zero-order chi connectivity index (χ0) is 19.5. The Labute approximate surface area is 163 Å². The fraction of sp³-hybridized carbons (Fsp3) is 0.929. The first-order chi connectivity index (χ1) is 11.5. The largest absolute Gasteiger partial charge is 0.316 e. The van der Waals surface area contributed by atoms with E-state index in [4.69, 9.17) is 15.1 Å². The molecule has 2 unspecified atom stereocenters. The molecule has 2 heterocycles. The lowest BCUT2D eigenvalue weighted by Crippen LogP contribution is -2.26. The second-order valence-corrected chi connectivity index (χ2v) is 9.62. The number of primary sulfonamides is 2. The van der Waals surface area contributed by atoms with E-state index in [9.17, 15) is 16.8 Å². The molecular weight excluding hydrogens is 404 g/mol. The Morgan fingerprint density at radius 2 is 1.58 bits per heavy atom. The van der Waals surface area contributed by atoms with Crippen molar-refractivity contribution in [2.24, 2.45) is 22.1 Å². The predicted molar refractivity (Wildman–Crippen MR) is 106 cm³/mol. The molecule has 0 aromatic carbocycles. The Morgan fingerprint density at radius 3 is 1.92 bits per heavy atom. The standard InChI is InChI=1S/C7H16N2O2S.C5H12N2O2S.C2H4O.ClH/c1-2-9-4-3-7(5-9)6-12(8,10)11;6-10(8,9)4-5-1-2-7-3-5;1-2-3;/h7H,2-6H2,1H3,(H2,8,10,11);5,7H,1-4H2,(H2,6,8,9);2H,1H3;1H. The van der Waals surface area contributed by atoms with Crippen LogP contribution in [-0.4, -0.2) is 72.3 Å². The SMILES string of the molecule is CC=O.CCN1CCC(CS(N)(=O)=O)C1.Cl.NS(=O)(=O)CC1CCNC1. The van der Waals surface area contributed by atoms with Crippen LogP contribution in [0.4, 0.5) is 0 Å². The molecule has 0 bridgehead atoms. The highest BCUT2D eigenvalue weighted by Gasteiger charge is 2.24. The molecule has 2 aliphatic rings. The third kappa shape index (κ3) is 15.9. The second kappa shape index (κ2) is 13.8. The summed E-state index contributed by atoms with van der Waals surface area (Å²) in [7, 11) is -6.51. The van der Waals surface area contributed by atoms with Gasteiger partial charge in [0.25, 0.3) is 0 Å². The highest BCUT2D eigenvalue weighted by molar-refractivity contribution is 7.89. The maximum absolute atomic E-state index is 10.7. The first kappa shape index (κ1) is 27.9. The summed E-state index contributed by atoms with van der Waals surface area (Å²) in [6, 6.07) is 0. The van der Waals surface area contributed by atoms with Crippen molar-refractivity contribution >= 4 is 38.7 Å². The molecule has 0 aromatic heterocycles. The quantitative estimate of drug-likeness (QED) is 0.473. The Morgan fingerprint density at radius 1 is 1.08 bits per heavy atom. The van der Waals surface area contributed by atoms with E-state index in [0.29, 0.717) is 0 Å². The summed E-state index contributed by atoms with van der Waals surface area (Å²) in [5.74, 6) is 0.749. The number of sulfonamides is 2. The van der Waals surface area contributed by atoms with Crippen LogP contribution in [0, 0.1) is 11.8 Å². The van der Waals surface area contributed by atoms with Crippen LogP contribution in [0.3, 0.4) is 0 Å². The van der Waals surface area contributed by atoms with Gasteiger partial charge in [-0.05, 0) is 57.8 Å². The van der Waals surface area contributed by atoms with E-state index in [1.54, 1.807) is 0 Å². The fourth-order valence-corrected chi connectivity index (χ4v) is 4.72. The molecule has 2 atom stereocenters. The monoisotopic (exact) mass is 436 g/mol. The number of rotatable bonds is 5. The molecule has 0 saturated carbocycles. The molecule has 158 valence electrons. The molecule has 0 aromatic rings. The molecule has 2 rings (SSSR count). The van der Waals surface area contributed by atoms with Gasteiger partial charge < -0.3 is 15.0 Å². The van der Waals surface area contributed by atoms with Crippen LogP contribution in [-0.2, 0) is 24.8 Å². The van der Waals surface area contributed by atoms with Crippen molar-refractivity contribution in [3.05, 3.63) is 0 Å². The minimum atomic E-state index is -3.27. The van der Waals surface area contributed by atoms with Crippen LogP contribution >= 0.6 is 12.4 Å². The number of hydrogen-bond donors (Lipinski definition) is 3. The number of nitrogens with zero attached hydrogens (tertiary/aromatic N) is 1. The Kier molecular flexibility index (Phi) is 14.8. The summed E-state index contributed by atoms with van der Waals surface area (Å²) < 4.78 is 42.6. The van der Waals surface area contributed by atoms with E-state index in [2.05, 4.69) is 17.1 Å². The zero-order valence-corrected chi connectivity index (χ0v) is 17.9. The third-order valence-electron chi connectivity index (χ3n) is 3.92. The lowest BCUT2D eigenvalue weighted by Gasteiger charge is -2.11. The smallest absolute Gasteiger partial charge is 0.209 e. The maximum Gasteiger partial charge on any atom is 0.209 e. The number of halogens is 1. The highest BCUT2D eigenvalue weighted by Crippen LogP contribution is 2.16. The average molecular weight is 437 g/mol. The number of hydrogen-bond acceptors (Lipinski definition) is 7. The van der Waals surface area contributed by atoms with Crippen LogP contribution in [0.5, 0.6) is 0 Å². The summed E-state index contributed by atoms with van der Waals surface area (Å²) in [6.07, 6.45) is 2.64. The van der Waals surface area contributed by atoms with E-state index in [-0.39, 0.29) is 35.7 Å². The van der Waals surface area contributed by atoms with Crippen LogP contribution < -0.4 is 15.6 Å². The molecule has 0 amide bonds. The van der Waals surface area contributed by atoms with Crippen LogP contribution in [0.15, 0.2) is 0 Å². The van der Waals surface area contributed by atoms with Crippen molar-refractivity contribution in [3.63, 3.8) is 0 Å². The number of carbonyl (C=O) groups is 1. The van der Waals surface area contributed by atoms with E-state index >= 15 is 0 Å². The summed E-state index contributed by atoms with van der Waals surface area (Å²) in [6.45, 7) is 8.13. The van der Waals surface area contributed by atoms with Crippen molar-refractivity contribution in [2.45, 2.75) is 26.7 Å². The van der Waals surface area contributed by atoms with Crippen molar-refractivity contribution in [1.82, 2.24) is 10.2 Å². The molecule has 2 aliphatic heterocycles. The van der Waals surface area contributed by atoms with Crippen molar-refractivity contribution in [2.75, 3.05) is 44.2 Å². The lowest BCUT2D eigenvalue weighted by atomic mass is 10.2. The molecule has 0 aliphatic carbocycles. The summed E-state index contributed by atoms with van der Waals surface area (Å²) in [5, 5.41) is 12.9. The lowest BCUT2D eigenvalue weighted by molar-refractivity contribution is -0.106. The first-order valence-corrected chi connectivity index (χ1v) is 11.8. The number of likely N-dealkylation sites (tertiary alicyclic amines) is 1. The van der Waals surface area contributed by atoms with E-state index < -0.39 is 20.0 Å². The highest BCUT2D eigenvalue weighted by atomic mass is 35.5. The third-order valence-corrected chi connectivity index (χ3v) is 5.79. The van der Waals surface area contributed by atoms with E-state index in [0.717, 1.165) is 51.9 Å². The van der Waals surface area contributed by atoms with Gasteiger partial charge in [0.15, 0.2) is 0 Å². The molecule has 2 fully saturated rings. The molecule has 26 heavy (non-hydrogen) atoms. The van der Waals surface area contributed by atoms with Crippen molar-refractivity contribution < 1.29 is 21.6 Å². The van der Waals surface area contributed by atoms with Crippen molar-refractivity contribution in [1.29, 1.82) is 0 Å². The average Bonchev–Trinajstić information content (AvgIpc) is 3.08. The van der Waals surface area contributed by atoms with Gasteiger partial charge in [-0.2, -0.15) is 0 Å². The summed E-state index contributed by atoms with van der Waals surface area (Å²) in [4.78, 5) is 11.1. The molecular formula is C14H33ClN4O5S2. The topological polar surface area (TPSA) is 153 Å². The van der Waals surface area contributed by atoms with Gasteiger partial charge in [-0.1, -0.05) is 6.92 Å². The number of carbonyl (C=O) groups excluding carboxylic acids is 1. The number of aldehydes is 1. The van der Waals surface area contributed by atoms with E-state index in [1.807, 2.05) is 0 Å². The first-order valence-electron chi connectivity index (χ1n) is 8.34. The Balaban J connectivity index is 0. The molecule has 2 saturated heterocycles. The normalized spacial score (nSPS) is 23.1. The van der Waals surface area contributed by atoms with Crippen LogP contribution in [0.25, 0.3) is 0 Å². The van der Waals surface area contributed by atoms with Gasteiger partial charge in [0, 0.05) is 6.54 Å². The zero-order valence-electron chi connectivity index (χ0n) is 15.5. The van der Waals surface area contributed by atoms with Crippen LogP contribution in [0.1, 0.15) is 26.7 Å². The number of nitrogens with two attached hydrogens (primary N) is 2. The molecule has 12 heteroatoms. The Bertz CT molecular complexity index is 580. The maximum atomic E-state index is 10.7. The van der Waals surface area contributed by atoms with Gasteiger partial charge in [0.1, 0.15) is 6.29 Å². The van der Waals surface area contributed by atoms with E-state index in [1.165, 1.54) is 6.92 Å². The van der Waals surface area contributed by atoms with Gasteiger partial charge in [0.05, 0.1) is 11.5 Å². The van der Waals surface area contributed by atoms with Gasteiger partial charge >= 0.3 is 0 Å². The summed E-state index contributed by atoms with van der Waals surface area (Å²) in [5.41, 5.74) is 0. The van der Waals surface area contributed by atoms with Gasteiger partial charge in [-0.3, -0.25) is 0 Å². The van der Waals surface area contributed by atoms with Gasteiger partial charge in [-0.25, -0.2) is 27.1 Å². The Hall–Kier alpha value is -0.300. The molecule has 0 spiro atoms.